The van der Waals surface area contributed by atoms with Crippen molar-refractivity contribution in [2.75, 3.05) is 0 Å². The van der Waals surface area contributed by atoms with Gasteiger partial charge in [-0.25, -0.2) is 0 Å². The molecule has 0 aliphatic rings. The molecule has 1 atom stereocenters. The van der Waals surface area contributed by atoms with Gasteiger partial charge in [-0.15, -0.1) is 0 Å². The maximum atomic E-state index is 6.92. The average molecular weight is 332 g/mol. The molecule has 0 aliphatic heterocycles. The zero-order valence-electron chi connectivity index (χ0n) is 14.2. The fourth-order valence-corrected chi connectivity index (χ4v) is 8.93. The first-order chi connectivity index (χ1) is 11.8. The van der Waals surface area contributed by atoms with Crippen LogP contribution in [0.25, 0.3) is 0 Å². The highest BCUT2D eigenvalue weighted by Crippen LogP contribution is 2.14. The van der Waals surface area contributed by atoms with E-state index in [0.717, 1.165) is 12.8 Å². The van der Waals surface area contributed by atoms with Crippen molar-refractivity contribution in [2.24, 2.45) is 5.73 Å². The van der Waals surface area contributed by atoms with E-state index in [1.165, 1.54) is 15.6 Å². The van der Waals surface area contributed by atoms with Crippen LogP contribution >= 0.6 is 0 Å². The summed E-state index contributed by atoms with van der Waals surface area (Å²) in [6.07, 6.45) is 2.13. The zero-order valence-corrected chi connectivity index (χ0v) is 15.2. The van der Waals surface area contributed by atoms with Crippen molar-refractivity contribution in [2.45, 2.75) is 25.4 Å². The van der Waals surface area contributed by atoms with Gasteiger partial charge in [0.25, 0.3) is 0 Å². The molecule has 0 aliphatic carbocycles. The summed E-state index contributed by atoms with van der Waals surface area (Å²) < 4.78 is 0. The highest BCUT2D eigenvalue weighted by molar-refractivity contribution is 7.12. The van der Waals surface area contributed by atoms with E-state index in [0.29, 0.717) is 0 Å². The molecule has 0 saturated carbocycles. The standard InChI is InChI=1S/C22H25NSi/c1-2-12-22(23)24(19-13-6-3-7-14-19,20-15-8-4-9-16-20)21-17-10-5-11-18-21/h3-11,13-18,22H,2,12,23H2,1H3. The molecule has 0 saturated heterocycles. The highest BCUT2D eigenvalue weighted by Gasteiger charge is 2.44. The van der Waals surface area contributed by atoms with Crippen molar-refractivity contribution < 1.29 is 0 Å². The van der Waals surface area contributed by atoms with E-state index >= 15 is 0 Å². The first-order valence-corrected chi connectivity index (χ1v) is 10.8. The van der Waals surface area contributed by atoms with Crippen LogP contribution in [0, 0.1) is 0 Å². The van der Waals surface area contributed by atoms with Crippen molar-refractivity contribution in [3.63, 3.8) is 0 Å². The molecule has 0 fully saturated rings. The maximum absolute atomic E-state index is 6.92. The molecule has 0 spiro atoms. The SMILES string of the molecule is CCCC(N)[Si](c1ccccc1)(c1ccccc1)c1ccccc1. The first-order valence-electron chi connectivity index (χ1n) is 8.72. The van der Waals surface area contributed by atoms with E-state index in [4.69, 9.17) is 5.73 Å². The minimum atomic E-state index is -2.27. The zero-order chi connectivity index (χ0) is 16.8. The molecular formula is C22H25NSi. The van der Waals surface area contributed by atoms with Gasteiger partial charge >= 0.3 is 0 Å². The van der Waals surface area contributed by atoms with Crippen LogP contribution in [0.15, 0.2) is 91.0 Å². The summed E-state index contributed by atoms with van der Waals surface area (Å²) in [5.74, 6) is 0. The fourth-order valence-electron chi connectivity index (χ4n) is 3.77. The Morgan fingerprint density at radius 1 is 0.667 bits per heavy atom. The molecule has 122 valence electrons. The number of hydrogen-bond acceptors (Lipinski definition) is 1. The minimum Gasteiger partial charge on any atom is -0.329 e. The van der Waals surface area contributed by atoms with Crippen LogP contribution in [-0.2, 0) is 0 Å². The van der Waals surface area contributed by atoms with Crippen molar-refractivity contribution in [1.82, 2.24) is 0 Å². The van der Waals surface area contributed by atoms with Crippen molar-refractivity contribution in [1.29, 1.82) is 0 Å². The molecule has 0 bridgehead atoms. The molecule has 1 nitrogen and oxygen atoms in total. The van der Waals surface area contributed by atoms with Gasteiger partial charge in [0.05, 0.1) is 0 Å². The van der Waals surface area contributed by atoms with Gasteiger partial charge in [-0.1, -0.05) is 104 Å². The molecule has 0 radical (unpaired) electrons. The second-order valence-electron chi connectivity index (χ2n) is 6.30. The van der Waals surface area contributed by atoms with Crippen LogP contribution in [0.4, 0.5) is 0 Å². The summed E-state index contributed by atoms with van der Waals surface area (Å²) in [4.78, 5) is 0. The molecule has 3 aromatic rings. The Morgan fingerprint density at radius 3 is 1.29 bits per heavy atom. The van der Waals surface area contributed by atoms with Gasteiger partial charge in [-0.05, 0) is 22.0 Å². The Morgan fingerprint density at radius 2 is 1.00 bits per heavy atom. The lowest BCUT2D eigenvalue weighted by atomic mass is 10.3. The summed E-state index contributed by atoms with van der Waals surface area (Å²) >= 11 is 0. The monoisotopic (exact) mass is 331 g/mol. The van der Waals surface area contributed by atoms with Gasteiger partial charge in [-0.2, -0.15) is 0 Å². The first kappa shape index (κ1) is 16.7. The van der Waals surface area contributed by atoms with Gasteiger partial charge in [0.15, 0.2) is 8.07 Å². The second-order valence-corrected chi connectivity index (χ2v) is 10.4. The number of benzene rings is 3. The van der Waals surface area contributed by atoms with Crippen LogP contribution in [0.2, 0.25) is 0 Å². The topological polar surface area (TPSA) is 26.0 Å². The number of rotatable bonds is 6. The van der Waals surface area contributed by atoms with Gasteiger partial charge in [0, 0.05) is 5.67 Å². The smallest absolute Gasteiger partial charge is 0.164 e. The summed E-state index contributed by atoms with van der Waals surface area (Å²) in [5.41, 5.74) is 7.07. The Balaban J connectivity index is 2.33. The molecule has 0 heterocycles. The molecule has 0 aromatic heterocycles. The fraction of sp³-hybridized carbons (Fsp3) is 0.182. The van der Waals surface area contributed by atoms with Crippen molar-refractivity contribution in [3.8, 4) is 0 Å². The Kier molecular flexibility index (Phi) is 5.29. The third-order valence-corrected chi connectivity index (χ3v) is 9.98. The minimum absolute atomic E-state index is 0.148. The largest absolute Gasteiger partial charge is 0.329 e. The normalized spacial score (nSPS) is 12.8. The van der Waals surface area contributed by atoms with Crippen LogP contribution in [0.1, 0.15) is 19.8 Å². The number of nitrogens with two attached hydrogens (primary N) is 1. The second kappa shape index (κ2) is 7.60. The molecule has 1 unspecified atom stereocenters. The van der Waals surface area contributed by atoms with Gasteiger partial charge in [-0.3, -0.25) is 0 Å². The van der Waals surface area contributed by atoms with Crippen LogP contribution in [0.3, 0.4) is 0 Å². The van der Waals surface area contributed by atoms with E-state index in [9.17, 15) is 0 Å². The quantitative estimate of drug-likeness (QED) is 0.545. The Hall–Kier alpha value is -2.16. The summed E-state index contributed by atoms with van der Waals surface area (Å²) in [7, 11) is -2.27. The van der Waals surface area contributed by atoms with Crippen molar-refractivity contribution >= 4 is 23.6 Å². The lowest BCUT2D eigenvalue weighted by Gasteiger charge is -2.38. The average Bonchev–Trinajstić information content (AvgIpc) is 2.65. The molecule has 0 amide bonds. The van der Waals surface area contributed by atoms with Crippen LogP contribution in [0.5, 0.6) is 0 Å². The predicted molar refractivity (Wildman–Crippen MR) is 107 cm³/mol. The van der Waals surface area contributed by atoms with E-state index < -0.39 is 8.07 Å². The summed E-state index contributed by atoms with van der Waals surface area (Å²) in [6.45, 7) is 2.22. The molecule has 2 N–H and O–H groups in total. The van der Waals surface area contributed by atoms with Gasteiger partial charge in [0.2, 0.25) is 0 Å². The van der Waals surface area contributed by atoms with E-state index in [-0.39, 0.29) is 5.67 Å². The van der Waals surface area contributed by atoms with Crippen LogP contribution < -0.4 is 21.3 Å². The summed E-state index contributed by atoms with van der Waals surface area (Å²) in [6, 6.07) is 32.7. The van der Waals surface area contributed by atoms with E-state index in [2.05, 4.69) is 97.9 Å². The number of hydrogen-bond donors (Lipinski definition) is 1. The Labute approximate surface area is 146 Å². The highest BCUT2D eigenvalue weighted by atomic mass is 28.3. The van der Waals surface area contributed by atoms with Crippen LogP contribution in [-0.4, -0.2) is 13.7 Å². The van der Waals surface area contributed by atoms with Crippen molar-refractivity contribution in [3.05, 3.63) is 91.0 Å². The molecule has 2 heteroatoms. The Bertz CT molecular complexity index is 644. The molecule has 3 aromatic carbocycles. The lowest BCUT2D eigenvalue weighted by molar-refractivity contribution is 0.741. The van der Waals surface area contributed by atoms with E-state index in [1.54, 1.807) is 0 Å². The third kappa shape index (κ3) is 2.95. The van der Waals surface area contributed by atoms with Gasteiger partial charge in [0.1, 0.15) is 0 Å². The summed E-state index contributed by atoms with van der Waals surface area (Å²) in [5, 5.41) is 4.18. The van der Waals surface area contributed by atoms with E-state index in [1.807, 2.05) is 0 Å². The molecular weight excluding hydrogens is 306 g/mol. The maximum Gasteiger partial charge on any atom is 0.164 e. The lowest BCUT2D eigenvalue weighted by Crippen LogP contribution is -2.76. The van der Waals surface area contributed by atoms with Gasteiger partial charge < -0.3 is 5.73 Å². The molecule has 24 heavy (non-hydrogen) atoms. The third-order valence-electron chi connectivity index (χ3n) is 4.84. The predicted octanol–water partition coefficient (Wildman–Crippen LogP) is 2.82. The molecule has 3 rings (SSSR count).